The summed E-state index contributed by atoms with van der Waals surface area (Å²) in [5, 5.41) is 2.71. The maximum absolute atomic E-state index is 11.3. The molecule has 0 saturated heterocycles. The van der Waals surface area contributed by atoms with E-state index in [-0.39, 0.29) is 18.4 Å². The number of imidazole rings is 1. The van der Waals surface area contributed by atoms with Gasteiger partial charge in [0.05, 0.1) is 7.11 Å². The molecule has 0 atom stereocenters. The molecule has 1 heterocycles. The number of nitrogens with one attached hydrogen (secondary N) is 1. The molecule has 6 heteroatoms. The van der Waals surface area contributed by atoms with Crippen LogP contribution in [0.25, 0.3) is 11.4 Å². The number of methoxy groups -OCH3 is 1. The number of hydrogen-bond acceptors (Lipinski definition) is 4. The Balaban J connectivity index is 2.30. The first kappa shape index (κ1) is 13.8. The summed E-state index contributed by atoms with van der Waals surface area (Å²) in [5.74, 6) is 0.157. The summed E-state index contributed by atoms with van der Waals surface area (Å²) in [6.45, 7) is 1.54. The summed E-state index contributed by atoms with van der Waals surface area (Å²) in [7, 11) is 1.34. The van der Waals surface area contributed by atoms with Crippen LogP contribution < -0.4 is 5.32 Å². The number of nitrogens with zero attached hydrogens (tertiary/aromatic N) is 2. The lowest BCUT2D eigenvalue weighted by Gasteiger charge is -2.08. The molecule has 0 spiro atoms. The second kappa shape index (κ2) is 6.01. The fourth-order valence-corrected chi connectivity index (χ4v) is 1.84. The number of hydrogen-bond donors (Lipinski definition) is 1. The topological polar surface area (TPSA) is 73.2 Å². The van der Waals surface area contributed by atoms with Crippen LogP contribution >= 0.6 is 0 Å². The molecule has 2 rings (SSSR count). The van der Waals surface area contributed by atoms with Crippen molar-refractivity contribution in [2.75, 3.05) is 12.4 Å². The van der Waals surface area contributed by atoms with E-state index in [1.165, 1.54) is 14.0 Å². The quantitative estimate of drug-likeness (QED) is 0.860. The summed E-state index contributed by atoms with van der Waals surface area (Å²) in [6, 6.07) is 7.27. The van der Waals surface area contributed by atoms with Crippen molar-refractivity contribution in [2.24, 2.45) is 0 Å². The minimum Gasteiger partial charge on any atom is -0.468 e. The third-order valence-electron chi connectivity index (χ3n) is 2.68. The molecule has 2 aromatic rings. The fraction of sp³-hybridized carbons (Fsp3) is 0.214. The molecule has 0 bridgehead atoms. The summed E-state index contributed by atoms with van der Waals surface area (Å²) in [5.41, 5.74) is 1.49. The van der Waals surface area contributed by atoms with E-state index in [0.29, 0.717) is 11.5 Å². The van der Waals surface area contributed by atoms with E-state index in [4.69, 9.17) is 0 Å². The van der Waals surface area contributed by atoms with E-state index in [9.17, 15) is 9.59 Å². The number of anilines is 1. The molecule has 0 aliphatic rings. The Hall–Kier alpha value is -2.63. The molecular formula is C14H15N3O3. The second-order valence-corrected chi connectivity index (χ2v) is 4.22. The van der Waals surface area contributed by atoms with Gasteiger partial charge in [0.25, 0.3) is 0 Å². The zero-order valence-corrected chi connectivity index (χ0v) is 11.3. The summed E-state index contributed by atoms with van der Waals surface area (Å²) in [6.07, 6.45) is 3.32. The second-order valence-electron chi connectivity index (χ2n) is 4.22. The monoisotopic (exact) mass is 273 g/mol. The van der Waals surface area contributed by atoms with Crippen LogP contribution in [0.1, 0.15) is 6.92 Å². The number of benzene rings is 1. The van der Waals surface area contributed by atoms with E-state index < -0.39 is 0 Å². The lowest BCUT2D eigenvalue weighted by Crippen LogP contribution is -2.12. The molecule has 6 nitrogen and oxygen atoms in total. The van der Waals surface area contributed by atoms with Crippen molar-refractivity contribution in [3.05, 3.63) is 36.7 Å². The van der Waals surface area contributed by atoms with Crippen molar-refractivity contribution in [1.29, 1.82) is 0 Å². The first-order valence-corrected chi connectivity index (χ1v) is 6.06. The van der Waals surface area contributed by atoms with Gasteiger partial charge >= 0.3 is 5.97 Å². The predicted octanol–water partition coefficient (Wildman–Crippen LogP) is 1.68. The fourth-order valence-electron chi connectivity index (χ4n) is 1.84. The Morgan fingerprint density at radius 3 is 2.90 bits per heavy atom. The van der Waals surface area contributed by atoms with Gasteiger partial charge in [-0.3, -0.25) is 9.59 Å². The molecule has 1 aromatic carbocycles. The van der Waals surface area contributed by atoms with Crippen LogP contribution in [0.15, 0.2) is 36.7 Å². The van der Waals surface area contributed by atoms with E-state index >= 15 is 0 Å². The SMILES string of the molecule is COC(=O)Cn1ccnc1-c1cccc(NC(C)=O)c1. The molecule has 104 valence electrons. The van der Waals surface area contributed by atoms with E-state index in [2.05, 4.69) is 15.0 Å². The number of aromatic nitrogens is 2. The standard InChI is InChI=1S/C14H15N3O3/c1-10(18)16-12-5-3-4-11(8-12)14-15-6-7-17(14)9-13(19)20-2/h3-8H,9H2,1-2H3,(H,16,18). The number of esters is 1. The van der Waals surface area contributed by atoms with Crippen molar-refractivity contribution in [3.63, 3.8) is 0 Å². The molecule has 0 fully saturated rings. The van der Waals surface area contributed by atoms with Crippen LogP contribution in [0, 0.1) is 0 Å². The molecule has 0 aliphatic carbocycles. The Morgan fingerprint density at radius 2 is 2.20 bits per heavy atom. The van der Waals surface area contributed by atoms with Gasteiger partial charge in [0.15, 0.2) is 0 Å². The molecule has 0 radical (unpaired) electrons. The van der Waals surface area contributed by atoms with Gasteiger partial charge in [-0.25, -0.2) is 4.98 Å². The molecule has 1 N–H and O–H groups in total. The van der Waals surface area contributed by atoms with Crippen molar-refractivity contribution in [3.8, 4) is 11.4 Å². The van der Waals surface area contributed by atoms with Crippen LogP contribution in [0.4, 0.5) is 5.69 Å². The molecule has 0 saturated carbocycles. The molecular weight excluding hydrogens is 258 g/mol. The average Bonchev–Trinajstić information content (AvgIpc) is 2.86. The minimum atomic E-state index is -0.345. The molecule has 20 heavy (non-hydrogen) atoms. The van der Waals surface area contributed by atoms with E-state index in [0.717, 1.165) is 5.56 Å². The number of carbonyl (C=O) groups excluding carboxylic acids is 2. The lowest BCUT2D eigenvalue weighted by molar-refractivity contribution is -0.141. The predicted molar refractivity (Wildman–Crippen MR) is 74.0 cm³/mol. The van der Waals surface area contributed by atoms with E-state index in [1.807, 2.05) is 12.1 Å². The highest BCUT2D eigenvalue weighted by atomic mass is 16.5. The van der Waals surface area contributed by atoms with Crippen LogP contribution in [0.3, 0.4) is 0 Å². The highest BCUT2D eigenvalue weighted by Crippen LogP contribution is 2.21. The van der Waals surface area contributed by atoms with Gasteiger partial charge in [0, 0.05) is 30.6 Å². The summed E-state index contributed by atoms with van der Waals surface area (Å²) in [4.78, 5) is 26.7. The number of rotatable bonds is 4. The maximum atomic E-state index is 11.3. The van der Waals surface area contributed by atoms with Gasteiger partial charge in [-0.05, 0) is 12.1 Å². The Bertz CT molecular complexity index is 634. The van der Waals surface area contributed by atoms with Gasteiger partial charge in [-0.2, -0.15) is 0 Å². The largest absolute Gasteiger partial charge is 0.468 e. The van der Waals surface area contributed by atoms with Crippen LogP contribution in [0.5, 0.6) is 0 Å². The number of ether oxygens (including phenoxy) is 1. The van der Waals surface area contributed by atoms with Crippen LogP contribution in [0.2, 0.25) is 0 Å². The van der Waals surface area contributed by atoms with Gasteiger partial charge in [0.2, 0.25) is 5.91 Å². The highest BCUT2D eigenvalue weighted by Gasteiger charge is 2.10. The number of carbonyl (C=O) groups is 2. The van der Waals surface area contributed by atoms with Crippen LogP contribution in [-0.4, -0.2) is 28.5 Å². The summed E-state index contributed by atoms with van der Waals surface area (Å²) < 4.78 is 6.34. The number of amides is 1. The zero-order chi connectivity index (χ0) is 14.5. The normalized spacial score (nSPS) is 10.1. The Kier molecular flexibility index (Phi) is 4.14. The van der Waals surface area contributed by atoms with E-state index in [1.54, 1.807) is 29.1 Å². The Labute approximate surface area is 116 Å². The molecule has 0 unspecified atom stereocenters. The van der Waals surface area contributed by atoms with Gasteiger partial charge in [-0.15, -0.1) is 0 Å². The zero-order valence-electron chi connectivity index (χ0n) is 11.3. The first-order valence-electron chi connectivity index (χ1n) is 6.06. The van der Waals surface area contributed by atoms with Crippen molar-refractivity contribution in [1.82, 2.24) is 9.55 Å². The van der Waals surface area contributed by atoms with Gasteiger partial charge in [-0.1, -0.05) is 12.1 Å². The van der Waals surface area contributed by atoms with Gasteiger partial charge in [0.1, 0.15) is 12.4 Å². The Morgan fingerprint density at radius 1 is 1.40 bits per heavy atom. The third-order valence-corrected chi connectivity index (χ3v) is 2.68. The molecule has 1 aromatic heterocycles. The van der Waals surface area contributed by atoms with Crippen molar-refractivity contribution >= 4 is 17.6 Å². The molecule has 0 aliphatic heterocycles. The minimum absolute atomic E-state index is 0.0935. The van der Waals surface area contributed by atoms with Gasteiger partial charge < -0.3 is 14.6 Å². The average molecular weight is 273 g/mol. The smallest absolute Gasteiger partial charge is 0.325 e. The maximum Gasteiger partial charge on any atom is 0.325 e. The van der Waals surface area contributed by atoms with Crippen LogP contribution in [-0.2, 0) is 20.9 Å². The lowest BCUT2D eigenvalue weighted by atomic mass is 10.2. The summed E-state index contributed by atoms with van der Waals surface area (Å²) >= 11 is 0. The molecule has 1 amide bonds. The highest BCUT2D eigenvalue weighted by molar-refractivity contribution is 5.89. The van der Waals surface area contributed by atoms with Crippen molar-refractivity contribution in [2.45, 2.75) is 13.5 Å². The van der Waals surface area contributed by atoms with Crippen molar-refractivity contribution < 1.29 is 14.3 Å². The third kappa shape index (κ3) is 3.23. The first-order chi connectivity index (χ1) is 9.60.